The van der Waals surface area contributed by atoms with Gasteiger partial charge < -0.3 is 9.47 Å². The van der Waals surface area contributed by atoms with Crippen LogP contribution in [0.2, 0.25) is 0 Å². The van der Waals surface area contributed by atoms with E-state index in [2.05, 4.69) is 36.2 Å². The van der Waals surface area contributed by atoms with E-state index in [1.807, 2.05) is 6.07 Å². The Morgan fingerprint density at radius 2 is 1.78 bits per heavy atom. The van der Waals surface area contributed by atoms with E-state index in [1.165, 1.54) is 11.1 Å². The van der Waals surface area contributed by atoms with Crippen LogP contribution in [0.15, 0.2) is 52.7 Å². The van der Waals surface area contributed by atoms with Gasteiger partial charge in [-0.05, 0) is 72.7 Å². The molecule has 142 valence electrons. The minimum Gasteiger partial charge on any atom is -0.462 e. The van der Waals surface area contributed by atoms with E-state index in [0.29, 0.717) is 17.9 Å². The number of fused-ring (bicyclic) bond motifs is 1. The van der Waals surface area contributed by atoms with E-state index in [9.17, 15) is 4.79 Å². The molecule has 0 radical (unpaired) electrons. The Hall–Kier alpha value is -2.53. The molecule has 0 heterocycles. The fourth-order valence-electron chi connectivity index (χ4n) is 3.52. The summed E-state index contributed by atoms with van der Waals surface area (Å²) in [4.78, 5) is 11.7. The van der Waals surface area contributed by atoms with E-state index in [0.717, 1.165) is 18.5 Å². The van der Waals surface area contributed by atoms with Crippen molar-refractivity contribution in [1.29, 1.82) is 0 Å². The fraction of sp³-hybridized carbons (Fsp3) is 0.409. The normalized spacial score (nSPS) is 18.3. The highest BCUT2D eigenvalue weighted by atomic mass is 16.5. The fourth-order valence-corrected chi connectivity index (χ4v) is 3.52. The van der Waals surface area contributed by atoms with Gasteiger partial charge in [0.25, 0.3) is 0 Å². The lowest BCUT2D eigenvalue weighted by atomic mass is 9.71. The van der Waals surface area contributed by atoms with Gasteiger partial charge in [0.2, 0.25) is 0 Å². The van der Waals surface area contributed by atoms with Gasteiger partial charge in [-0.3, -0.25) is 0 Å². The van der Waals surface area contributed by atoms with Crippen LogP contribution in [0.1, 0.15) is 61.2 Å². The van der Waals surface area contributed by atoms with Crippen molar-refractivity contribution >= 4 is 17.3 Å². The first kappa shape index (κ1) is 19.2. The number of nitrogens with zero attached hydrogens (tertiary/aromatic N) is 2. The number of esters is 1. The maximum atomic E-state index is 11.7. The molecular weight excluding hydrogens is 340 g/mol. The molecule has 1 unspecified atom stereocenters. The summed E-state index contributed by atoms with van der Waals surface area (Å²) >= 11 is 0. The third kappa shape index (κ3) is 4.25. The monoisotopic (exact) mass is 366 g/mol. The Bertz CT molecular complexity index is 841. The quantitative estimate of drug-likeness (QED) is 0.479. The molecule has 2 aromatic carbocycles. The first-order valence-corrected chi connectivity index (χ1v) is 9.31. The Balaban J connectivity index is 1.81. The molecule has 27 heavy (non-hydrogen) atoms. The maximum absolute atomic E-state index is 11.7. The van der Waals surface area contributed by atoms with E-state index >= 15 is 0 Å². The van der Waals surface area contributed by atoms with Crippen molar-refractivity contribution in [2.45, 2.75) is 45.1 Å². The van der Waals surface area contributed by atoms with Crippen molar-refractivity contribution < 1.29 is 14.3 Å². The summed E-state index contributed by atoms with van der Waals surface area (Å²) in [5.41, 5.74) is 4.64. The predicted octanol–water partition coefficient (Wildman–Crippen LogP) is 6.04. The van der Waals surface area contributed by atoms with Gasteiger partial charge in [0.05, 0.1) is 29.6 Å². The minimum absolute atomic E-state index is 0.104. The molecule has 3 rings (SSSR count). The molecule has 0 aliphatic heterocycles. The smallest absolute Gasteiger partial charge is 0.338 e. The van der Waals surface area contributed by atoms with E-state index in [4.69, 9.17) is 9.47 Å². The summed E-state index contributed by atoms with van der Waals surface area (Å²) in [6, 6.07) is 13.1. The Kier molecular flexibility index (Phi) is 5.71. The number of benzene rings is 2. The van der Waals surface area contributed by atoms with Crippen LogP contribution in [0.4, 0.5) is 11.4 Å². The summed E-state index contributed by atoms with van der Waals surface area (Å²) in [5.74, 6) is -0.330. The molecule has 5 nitrogen and oxygen atoms in total. The number of carbonyl (C=O) groups excluding carboxylic acids is 1. The highest BCUT2D eigenvalue weighted by molar-refractivity contribution is 5.89. The van der Waals surface area contributed by atoms with E-state index in [1.54, 1.807) is 38.3 Å². The second-order valence-electron chi connectivity index (χ2n) is 7.39. The molecule has 0 aromatic heterocycles. The average Bonchev–Trinajstić information content (AvgIpc) is 2.67. The summed E-state index contributed by atoms with van der Waals surface area (Å²) < 4.78 is 10.7. The van der Waals surface area contributed by atoms with Gasteiger partial charge in [0.15, 0.2) is 0 Å². The van der Waals surface area contributed by atoms with Crippen LogP contribution in [-0.2, 0) is 14.9 Å². The van der Waals surface area contributed by atoms with Gasteiger partial charge in [-0.1, -0.05) is 19.9 Å². The van der Waals surface area contributed by atoms with Crippen LogP contribution in [0.5, 0.6) is 0 Å². The summed E-state index contributed by atoms with van der Waals surface area (Å²) in [7, 11) is 1.76. The number of azo groups is 1. The van der Waals surface area contributed by atoms with Crippen LogP contribution in [0.25, 0.3) is 0 Å². The van der Waals surface area contributed by atoms with Crippen molar-refractivity contribution in [2.24, 2.45) is 10.2 Å². The third-order valence-corrected chi connectivity index (χ3v) is 5.09. The van der Waals surface area contributed by atoms with Gasteiger partial charge in [-0.2, -0.15) is 10.2 Å². The third-order valence-electron chi connectivity index (χ3n) is 5.09. The molecule has 0 saturated heterocycles. The van der Waals surface area contributed by atoms with Gasteiger partial charge in [-0.25, -0.2) is 4.79 Å². The van der Waals surface area contributed by atoms with Crippen molar-refractivity contribution in [3.8, 4) is 0 Å². The number of hydrogen-bond donors (Lipinski definition) is 0. The molecule has 0 N–H and O–H groups in total. The topological polar surface area (TPSA) is 60.2 Å². The van der Waals surface area contributed by atoms with Crippen molar-refractivity contribution in [1.82, 2.24) is 0 Å². The lowest BCUT2D eigenvalue weighted by Gasteiger charge is -2.36. The molecule has 1 aliphatic rings. The second kappa shape index (κ2) is 8.01. The molecule has 1 atom stereocenters. The molecule has 5 heteroatoms. The Labute approximate surface area is 160 Å². The largest absolute Gasteiger partial charge is 0.462 e. The molecule has 0 spiro atoms. The lowest BCUT2D eigenvalue weighted by molar-refractivity contribution is 0.0526. The molecule has 0 amide bonds. The maximum Gasteiger partial charge on any atom is 0.338 e. The summed E-state index contributed by atoms with van der Waals surface area (Å²) in [5, 5.41) is 8.66. The predicted molar refractivity (Wildman–Crippen MR) is 105 cm³/mol. The van der Waals surface area contributed by atoms with Crippen LogP contribution >= 0.6 is 0 Å². The summed E-state index contributed by atoms with van der Waals surface area (Å²) in [6.07, 6.45) is 2.21. The Morgan fingerprint density at radius 1 is 1.11 bits per heavy atom. The number of methoxy groups -OCH3 is 1. The molecule has 1 aliphatic carbocycles. The highest BCUT2D eigenvalue weighted by Crippen LogP contribution is 2.44. The average molecular weight is 366 g/mol. The van der Waals surface area contributed by atoms with Gasteiger partial charge in [0.1, 0.15) is 0 Å². The standard InChI is InChI=1S/C22H26N2O3/c1-5-27-21(25)15-6-8-16(9-7-15)23-24-17-10-11-19-18(14-17)20(26-4)12-13-22(19,2)3/h6-11,14,20H,5,12-13H2,1-4H3. The second-order valence-corrected chi connectivity index (χ2v) is 7.39. The number of rotatable bonds is 5. The number of hydrogen-bond acceptors (Lipinski definition) is 5. The van der Waals surface area contributed by atoms with Crippen LogP contribution < -0.4 is 0 Å². The zero-order chi connectivity index (χ0) is 19.4. The van der Waals surface area contributed by atoms with Gasteiger partial charge in [-0.15, -0.1) is 0 Å². The zero-order valence-corrected chi connectivity index (χ0v) is 16.4. The van der Waals surface area contributed by atoms with Crippen LogP contribution in [-0.4, -0.2) is 19.7 Å². The van der Waals surface area contributed by atoms with Gasteiger partial charge in [0, 0.05) is 7.11 Å². The highest BCUT2D eigenvalue weighted by Gasteiger charge is 2.32. The SMILES string of the molecule is CCOC(=O)c1ccc(N=Nc2ccc3c(c2)C(OC)CCC3(C)C)cc1. The zero-order valence-electron chi connectivity index (χ0n) is 16.4. The van der Waals surface area contributed by atoms with Gasteiger partial charge >= 0.3 is 5.97 Å². The molecule has 0 bridgehead atoms. The van der Waals surface area contributed by atoms with Crippen molar-refractivity contribution in [3.63, 3.8) is 0 Å². The van der Waals surface area contributed by atoms with Crippen molar-refractivity contribution in [3.05, 3.63) is 59.2 Å². The first-order valence-electron chi connectivity index (χ1n) is 9.31. The van der Waals surface area contributed by atoms with Crippen LogP contribution in [0, 0.1) is 0 Å². The molecule has 0 fully saturated rings. The molecule has 0 saturated carbocycles. The number of carbonyl (C=O) groups is 1. The minimum atomic E-state index is -0.330. The van der Waals surface area contributed by atoms with Crippen LogP contribution in [0.3, 0.4) is 0 Å². The number of ether oxygens (including phenoxy) is 2. The lowest BCUT2D eigenvalue weighted by Crippen LogP contribution is -2.26. The van der Waals surface area contributed by atoms with E-state index < -0.39 is 0 Å². The first-order chi connectivity index (χ1) is 12.9. The van der Waals surface area contributed by atoms with E-state index in [-0.39, 0.29) is 17.5 Å². The molecule has 2 aromatic rings. The summed E-state index contributed by atoms with van der Waals surface area (Å²) in [6.45, 7) is 6.68. The Morgan fingerprint density at radius 3 is 2.44 bits per heavy atom. The van der Waals surface area contributed by atoms with Crippen molar-refractivity contribution in [2.75, 3.05) is 13.7 Å². The molecular formula is C22H26N2O3.